The molecular formula is C26H33N3O2. The highest BCUT2D eigenvalue weighted by Gasteiger charge is 2.25. The Morgan fingerprint density at radius 3 is 1.58 bits per heavy atom. The molecule has 2 aromatic carbocycles. The van der Waals surface area contributed by atoms with Crippen LogP contribution in [0.4, 0.5) is 11.4 Å². The van der Waals surface area contributed by atoms with Gasteiger partial charge in [0.25, 0.3) is 0 Å². The third-order valence-corrected chi connectivity index (χ3v) is 5.50. The molecule has 0 aliphatic carbocycles. The molecule has 0 saturated carbocycles. The Kier molecular flexibility index (Phi) is 6.59. The smallest absolute Gasteiger partial charge is 0.218 e. The molecule has 31 heavy (non-hydrogen) atoms. The maximum Gasteiger partial charge on any atom is 0.218 e. The minimum Gasteiger partial charge on any atom is -0.475 e. The Bertz CT molecular complexity index is 887. The number of nitrogens with zero attached hydrogens (tertiary/aromatic N) is 2. The first-order valence-corrected chi connectivity index (χ1v) is 11.4. The van der Waals surface area contributed by atoms with E-state index in [-0.39, 0.29) is 12.1 Å². The summed E-state index contributed by atoms with van der Waals surface area (Å²) < 4.78 is 11.9. The lowest BCUT2D eigenvalue weighted by Gasteiger charge is -2.15. The van der Waals surface area contributed by atoms with E-state index in [1.54, 1.807) is 0 Å². The number of para-hydroxylation sites is 2. The Morgan fingerprint density at radius 1 is 0.742 bits per heavy atom. The molecule has 5 heteroatoms. The molecule has 164 valence electrons. The molecular weight excluding hydrogens is 386 g/mol. The number of ether oxygens (including phenoxy) is 2. The lowest BCUT2D eigenvalue weighted by Crippen LogP contribution is -2.10. The van der Waals surface area contributed by atoms with E-state index in [1.165, 1.54) is 0 Å². The average Bonchev–Trinajstić information content (AvgIpc) is 3.38. The SMILES string of the molecule is CC(C)C[C@H]1COC(c2ccccc2Nc2ccccc2C2=N[C@@H](CC(C)C)CO2)=N1. The molecule has 0 unspecified atom stereocenters. The quantitative estimate of drug-likeness (QED) is 0.587. The van der Waals surface area contributed by atoms with Crippen LogP contribution in [0, 0.1) is 11.8 Å². The molecule has 0 bridgehead atoms. The van der Waals surface area contributed by atoms with Crippen molar-refractivity contribution in [1.82, 2.24) is 0 Å². The molecule has 0 spiro atoms. The van der Waals surface area contributed by atoms with Crippen LogP contribution in [-0.4, -0.2) is 37.1 Å². The summed E-state index contributed by atoms with van der Waals surface area (Å²) in [4.78, 5) is 9.69. The molecule has 2 atom stereocenters. The lowest BCUT2D eigenvalue weighted by molar-refractivity contribution is 0.301. The number of hydrogen-bond acceptors (Lipinski definition) is 5. The molecule has 5 nitrogen and oxygen atoms in total. The summed E-state index contributed by atoms with van der Waals surface area (Å²) >= 11 is 0. The van der Waals surface area contributed by atoms with Gasteiger partial charge in [-0.3, -0.25) is 0 Å². The first-order valence-electron chi connectivity index (χ1n) is 11.4. The Balaban J connectivity index is 1.58. The van der Waals surface area contributed by atoms with Crippen LogP contribution in [0.1, 0.15) is 51.7 Å². The summed E-state index contributed by atoms with van der Waals surface area (Å²) in [5, 5.41) is 3.58. The standard InChI is InChI=1S/C26H33N3O2/c1-17(2)13-19-15-30-25(27-19)21-9-5-7-11-23(21)29-24-12-8-6-10-22(24)26-28-20(16-31-26)14-18(3)4/h5-12,17-20,29H,13-16H2,1-4H3/t19-,20-/m0/s1. The van der Waals surface area contributed by atoms with Crippen molar-refractivity contribution in [2.45, 2.75) is 52.6 Å². The summed E-state index contributed by atoms with van der Waals surface area (Å²) in [6.07, 6.45) is 2.08. The van der Waals surface area contributed by atoms with Gasteiger partial charge in [0.15, 0.2) is 0 Å². The van der Waals surface area contributed by atoms with Crippen LogP contribution in [0.5, 0.6) is 0 Å². The van der Waals surface area contributed by atoms with Crippen molar-refractivity contribution in [1.29, 1.82) is 0 Å². The van der Waals surface area contributed by atoms with E-state index in [0.29, 0.717) is 25.0 Å². The summed E-state index contributed by atoms with van der Waals surface area (Å²) in [5.41, 5.74) is 3.90. The van der Waals surface area contributed by atoms with Gasteiger partial charge in [0.2, 0.25) is 11.8 Å². The molecule has 0 saturated heterocycles. The Hall–Kier alpha value is -2.82. The Morgan fingerprint density at radius 2 is 1.16 bits per heavy atom. The Labute approximate surface area is 185 Å². The van der Waals surface area contributed by atoms with Crippen LogP contribution in [0.25, 0.3) is 0 Å². The second-order valence-corrected chi connectivity index (χ2v) is 9.27. The van der Waals surface area contributed by atoms with Gasteiger partial charge in [0.1, 0.15) is 13.2 Å². The highest BCUT2D eigenvalue weighted by Crippen LogP contribution is 2.29. The number of benzene rings is 2. The van der Waals surface area contributed by atoms with Gasteiger partial charge in [-0.25, -0.2) is 9.98 Å². The minimum absolute atomic E-state index is 0.231. The lowest BCUT2D eigenvalue weighted by atomic mass is 10.1. The molecule has 0 aromatic heterocycles. The predicted octanol–water partition coefficient (Wildman–Crippen LogP) is 5.81. The highest BCUT2D eigenvalue weighted by molar-refractivity contribution is 6.04. The van der Waals surface area contributed by atoms with Crippen molar-refractivity contribution in [3.63, 3.8) is 0 Å². The van der Waals surface area contributed by atoms with Crippen molar-refractivity contribution in [2.24, 2.45) is 21.8 Å². The number of hydrogen-bond donors (Lipinski definition) is 1. The van der Waals surface area contributed by atoms with E-state index in [2.05, 4.69) is 57.3 Å². The topological polar surface area (TPSA) is 55.2 Å². The molecule has 0 radical (unpaired) electrons. The van der Waals surface area contributed by atoms with Gasteiger partial charge in [0.05, 0.1) is 34.6 Å². The van der Waals surface area contributed by atoms with Crippen LogP contribution in [0.3, 0.4) is 0 Å². The summed E-state index contributed by atoms with van der Waals surface area (Å²) in [7, 11) is 0. The van der Waals surface area contributed by atoms with Crippen molar-refractivity contribution in [3.05, 3.63) is 59.7 Å². The first-order chi connectivity index (χ1) is 15.0. The second kappa shape index (κ2) is 9.54. The maximum absolute atomic E-state index is 5.97. The zero-order valence-corrected chi connectivity index (χ0v) is 19.0. The number of aliphatic imine (C=N–C) groups is 2. The fourth-order valence-electron chi connectivity index (χ4n) is 4.16. The molecule has 4 rings (SSSR count). The predicted molar refractivity (Wildman–Crippen MR) is 128 cm³/mol. The van der Waals surface area contributed by atoms with Crippen LogP contribution in [0.15, 0.2) is 58.5 Å². The van der Waals surface area contributed by atoms with Gasteiger partial charge in [-0.2, -0.15) is 0 Å². The van der Waals surface area contributed by atoms with Crippen LogP contribution in [-0.2, 0) is 9.47 Å². The largest absolute Gasteiger partial charge is 0.475 e. The number of nitrogens with one attached hydrogen (secondary N) is 1. The fraction of sp³-hybridized carbons (Fsp3) is 0.462. The maximum atomic E-state index is 5.97. The fourth-order valence-corrected chi connectivity index (χ4v) is 4.16. The van der Waals surface area contributed by atoms with Crippen LogP contribution >= 0.6 is 0 Å². The zero-order valence-electron chi connectivity index (χ0n) is 19.0. The summed E-state index contributed by atoms with van der Waals surface area (Å²) in [6, 6.07) is 16.8. The molecule has 2 heterocycles. The van der Waals surface area contributed by atoms with Gasteiger partial charge >= 0.3 is 0 Å². The van der Waals surface area contributed by atoms with E-state index in [1.807, 2.05) is 24.3 Å². The van der Waals surface area contributed by atoms with Gasteiger partial charge in [-0.1, -0.05) is 52.0 Å². The third kappa shape index (κ3) is 5.27. The first kappa shape index (κ1) is 21.4. The van der Waals surface area contributed by atoms with Gasteiger partial charge in [0, 0.05) is 0 Å². The number of rotatable bonds is 8. The molecule has 1 N–H and O–H groups in total. The van der Waals surface area contributed by atoms with Crippen molar-refractivity contribution < 1.29 is 9.47 Å². The van der Waals surface area contributed by atoms with Gasteiger partial charge < -0.3 is 14.8 Å². The minimum atomic E-state index is 0.231. The normalized spacial score (nSPS) is 20.5. The molecule has 2 aliphatic rings. The van der Waals surface area contributed by atoms with Crippen molar-refractivity contribution in [2.75, 3.05) is 18.5 Å². The molecule has 2 aliphatic heterocycles. The van der Waals surface area contributed by atoms with E-state index < -0.39 is 0 Å². The summed E-state index contributed by atoms with van der Waals surface area (Å²) in [6.45, 7) is 10.2. The van der Waals surface area contributed by atoms with E-state index in [0.717, 1.165) is 47.1 Å². The van der Waals surface area contributed by atoms with Crippen molar-refractivity contribution in [3.8, 4) is 0 Å². The molecule has 0 fully saturated rings. The zero-order chi connectivity index (χ0) is 21.8. The van der Waals surface area contributed by atoms with Gasteiger partial charge in [-0.05, 0) is 48.9 Å². The van der Waals surface area contributed by atoms with E-state index in [9.17, 15) is 0 Å². The van der Waals surface area contributed by atoms with Gasteiger partial charge in [-0.15, -0.1) is 0 Å². The molecule has 0 amide bonds. The summed E-state index contributed by atoms with van der Waals surface area (Å²) in [5.74, 6) is 2.64. The number of anilines is 2. The third-order valence-electron chi connectivity index (χ3n) is 5.50. The van der Waals surface area contributed by atoms with E-state index >= 15 is 0 Å². The average molecular weight is 420 g/mol. The molecule has 2 aromatic rings. The highest BCUT2D eigenvalue weighted by atomic mass is 16.5. The van der Waals surface area contributed by atoms with Crippen molar-refractivity contribution >= 4 is 23.2 Å². The van der Waals surface area contributed by atoms with Crippen LogP contribution < -0.4 is 5.32 Å². The monoisotopic (exact) mass is 419 g/mol. The van der Waals surface area contributed by atoms with Crippen LogP contribution in [0.2, 0.25) is 0 Å². The second-order valence-electron chi connectivity index (χ2n) is 9.27. The van der Waals surface area contributed by atoms with E-state index in [4.69, 9.17) is 19.5 Å².